The number of benzene rings is 1. The Morgan fingerprint density at radius 2 is 1.83 bits per heavy atom. The highest BCUT2D eigenvalue weighted by Gasteiger charge is 2.32. The molecule has 0 atom stereocenters. The summed E-state index contributed by atoms with van der Waals surface area (Å²) >= 11 is 0. The van der Waals surface area contributed by atoms with Crippen LogP contribution in [0.5, 0.6) is 5.75 Å². The van der Waals surface area contributed by atoms with Crippen molar-refractivity contribution in [1.29, 1.82) is 0 Å². The average Bonchev–Trinajstić information content (AvgIpc) is 3.10. The number of aliphatic hydroxyl groups is 1. The van der Waals surface area contributed by atoms with Gasteiger partial charge in [0.15, 0.2) is 0 Å². The molecule has 1 aliphatic carbocycles. The first kappa shape index (κ1) is 16.3. The van der Waals surface area contributed by atoms with E-state index in [0.29, 0.717) is 18.1 Å². The summed E-state index contributed by atoms with van der Waals surface area (Å²) in [5, 5.41) is 10.6. The zero-order valence-electron chi connectivity index (χ0n) is 14.0. The van der Waals surface area contributed by atoms with Crippen LogP contribution in [-0.4, -0.2) is 41.2 Å². The third-order valence-electron chi connectivity index (χ3n) is 5.21. The summed E-state index contributed by atoms with van der Waals surface area (Å²) in [7, 11) is 0. The normalized spacial score (nSPS) is 27.9. The van der Waals surface area contributed by atoms with Crippen LogP contribution < -0.4 is 4.74 Å². The number of nitrogens with zero attached hydrogens (tertiary/aromatic N) is 1. The highest BCUT2D eigenvalue weighted by Crippen LogP contribution is 2.32. The van der Waals surface area contributed by atoms with Crippen LogP contribution in [-0.2, 0) is 0 Å². The molecule has 1 aromatic carbocycles. The van der Waals surface area contributed by atoms with E-state index in [1.165, 1.54) is 0 Å². The minimum atomic E-state index is -0.698. The molecule has 3 rings (SSSR count). The molecule has 1 amide bonds. The van der Waals surface area contributed by atoms with Gasteiger partial charge in [-0.3, -0.25) is 4.79 Å². The van der Waals surface area contributed by atoms with Gasteiger partial charge < -0.3 is 14.7 Å². The van der Waals surface area contributed by atoms with E-state index >= 15 is 0 Å². The Morgan fingerprint density at radius 1 is 1.22 bits per heavy atom. The third kappa shape index (κ3) is 4.05. The Balaban J connectivity index is 1.54. The van der Waals surface area contributed by atoms with E-state index in [9.17, 15) is 9.90 Å². The van der Waals surface area contributed by atoms with Crippen molar-refractivity contribution in [3.63, 3.8) is 0 Å². The van der Waals surface area contributed by atoms with E-state index in [2.05, 4.69) is 6.92 Å². The standard InChI is InChI=1S/C19H27NO3/c1-15-8-10-19(22,11-9-15)14-23-17-6-4-16(5-7-17)18(21)20-12-2-3-13-20/h4-7,15,22H,2-3,8-14H2,1H3. The van der Waals surface area contributed by atoms with Gasteiger partial charge in [-0.15, -0.1) is 0 Å². The molecule has 0 aromatic heterocycles. The maximum atomic E-state index is 12.3. The first-order chi connectivity index (χ1) is 11.1. The lowest BCUT2D eigenvalue weighted by atomic mass is 9.80. The minimum absolute atomic E-state index is 0.106. The molecule has 1 aliphatic heterocycles. The van der Waals surface area contributed by atoms with Crippen LogP contribution in [0.4, 0.5) is 0 Å². The van der Waals surface area contributed by atoms with Gasteiger partial charge in [0.2, 0.25) is 0 Å². The number of carbonyl (C=O) groups excluding carboxylic acids is 1. The Hall–Kier alpha value is -1.55. The van der Waals surface area contributed by atoms with E-state index in [1.54, 1.807) is 0 Å². The number of carbonyl (C=O) groups is 1. The van der Waals surface area contributed by atoms with Crippen molar-refractivity contribution in [3.05, 3.63) is 29.8 Å². The zero-order valence-corrected chi connectivity index (χ0v) is 14.0. The molecule has 1 aromatic rings. The predicted molar refractivity (Wildman–Crippen MR) is 89.7 cm³/mol. The molecule has 1 heterocycles. The molecule has 2 fully saturated rings. The average molecular weight is 317 g/mol. The van der Waals surface area contributed by atoms with Crippen LogP contribution >= 0.6 is 0 Å². The van der Waals surface area contributed by atoms with Crippen molar-refractivity contribution in [2.75, 3.05) is 19.7 Å². The first-order valence-electron chi connectivity index (χ1n) is 8.80. The maximum absolute atomic E-state index is 12.3. The van der Waals surface area contributed by atoms with Crippen LogP contribution in [0.25, 0.3) is 0 Å². The summed E-state index contributed by atoms with van der Waals surface area (Å²) in [6.45, 7) is 4.29. The highest BCUT2D eigenvalue weighted by molar-refractivity contribution is 5.94. The monoisotopic (exact) mass is 317 g/mol. The molecule has 2 aliphatic rings. The Labute approximate surface area is 138 Å². The maximum Gasteiger partial charge on any atom is 0.253 e. The SMILES string of the molecule is CC1CCC(O)(COc2ccc(C(=O)N3CCCC3)cc2)CC1. The van der Waals surface area contributed by atoms with Crippen molar-refractivity contribution in [1.82, 2.24) is 4.90 Å². The lowest BCUT2D eigenvalue weighted by molar-refractivity contribution is -0.0424. The Bertz CT molecular complexity index is 526. The summed E-state index contributed by atoms with van der Waals surface area (Å²) in [5.74, 6) is 1.52. The number of ether oxygens (including phenoxy) is 1. The third-order valence-corrected chi connectivity index (χ3v) is 5.21. The minimum Gasteiger partial charge on any atom is -0.491 e. The van der Waals surface area contributed by atoms with Crippen LogP contribution in [0.2, 0.25) is 0 Å². The second-order valence-electron chi connectivity index (χ2n) is 7.22. The fraction of sp³-hybridized carbons (Fsp3) is 0.632. The molecular weight excluding hydrogens is 290 g/mol. The van der Waals surface area contributed by atoms with E-state index < -0.39 is 5.60 Å². The van der Waals surface area contributed by atoms with E-state index in [0.717, 1.165) is 57.4 Å². The number of hydrogen-bond acceptors (Lipinski definition) is 3. The molecule has 0 spiro atoms. The number of hydrogen-bond donors (Lipinski definition) is 1. The van der Waals surface area contributed by atoms with Gasteiger partial charge in [-0.05, 0) is 68.7 Å². The Morgan fingerprint density at radius 3 is 2.43 bits per heavy atom. The predicted octanol–water partition coefficient (Wildman–Crippen LogP) is 3.24. The summed E-state index contributed by atoms with van der Waals surface area (Å²) in [6.07, 6.45) is 5.93. The molecule has 23 heavy (non-hydrogen) atoms. The largest absolute Gasteiger partial charge is 0.491 e. The van der Waals surface area contributed by atoms with Gasteiger partial charge in [-0.1, -0.05) is 6.92 Å². The molecule has 0 bridgehead atoms. The van der Waals surface area contributed by atoms with Crippen LogP contribution in [0.1, 0.15) is 55.8 Å². The zero-order chi connectivity index (χ0) is 16.3. The summed E-state index contributed by atoms with van der Waals surface area (Å²) in [4.78, 5) is 14.2. The van der Waals surface area contributed by atoms with Crippen molar-refractivity contribution >= 4 is 5.91 Å². The second kappa shape index (κ2) is 6.91. The molecule has 4 heteroatoms. The first-order valence-corrected chi connectivity index (χ1v) is 8.80. The molecule has 1 saturated heterocycles. The van der Waals surface area contributed by atoms with E-state index in [1.807, 2.05) is 29.2 Å². The fourth-order valence-corrected chi connectivity index (χ4v) is 3.46. The van der Waals surface area contributed by atoms with Crippen molar-refractivity contribution in [2.24, 2.45) is 5.92 Å². The van der Waals surface area contributed by atoms with Crippen molar-refractivity contribution in [2.45, 2.75) is 51.0 Å². The Kier molecular flexibility index (Phi) is 4.90. The highest BCUT2D eigenvalue weighted by atomic mass is 16.5. The van der Waals surface area contributed by atoms with Crippen molar-refractivity contribution in [3.8, 4) is 5.75 Å². The van der Waals surface area contributed by atoms with Gasteiger partial charge in [0, 0.05) is 18.7 Å². The van der Waals surface area contributed by atoms with Crippen LogP contribution in [0, 0.1) is 5.92 Å². The number of rotatable bonds is 4. The van der Waals surface area contributed by atoms with Gasteiger partial charge in [0.1, 0.15) is 12.4 Å². The molecule has 1 saturated carbocycles. The second-order valence-corrected chi connectivity index (χ2v) is 7.22. The lowest BCUT2D eigenvalue weighted by Crippen LogP contribution is -2.39. The summed E-state index contributed by atoms with van der Waals surface area (Å²) in [6, 6.07) is 7.31. The van der Waals surface area contributed by atoms with Gasteiger partial charge in [-0.2, -0.15) is 0 Å². The smallest absolute Gasteiger partial charge is 0.253 e. The molecule has 1 N–H and O–H groups in total. The lowest BCUT2D eigenvalue weighted by Gasteiger charge is -2.34. The van der Waals surface area contributed by atoms with Crippen molar-refractivity contribution < 1.29 is 14.6 Å². The van der Waals surface area contributed by atoms with Gasteiger partial charge >= 0.3 is 0 Å². The van der Waals surface area contributed by atoms with Gasteiger partial charge in [0.25, 0.3) is 5.91 Å². The number of likely N-dealkylation sites (tertiary alicyclic amines) is 1. The van der Waals surface area contributed by atoms with Crippen LogP contribution in [0.3, 0.4) is 0 Å². The molecule has 126 valence electrons. The molecule has 0 unspecified atom stereocenters. The van der Waals surface area contributed by atoms with E-state index in [4.69, 9.17) is 4.74 Å². The molecule has 0 radical (unpaired) electrons. The summed E-state index contributed by atoms with van der Waals surface area (Å²) in [5.41, 5.74) is 0.0146. The van der Waals surface area contributed by atoms with E-state index in [-0.39, 0.29) is 5.91 Å². The molecule has 4 nitrogen and oxygen atoms in total. The summed E-state index contributed by atoms with van der Waals surface area (Å²) < 4.78 is 5.77. The topological polar surface area (TPSA) is 49.8 Å². The van der Waals surface area contributed by atoms with Crippen LogP contribution in [0.15, 0.2) is 24.3 Å². The quantitative estimate of drug-likeness (QED) is 0.927. The van der Waals surface area contributed by atoms with Gasteiger partial charge in [0.05, 0.1) is 5.60 Å². The van der Waals surface area contributed by atoms with Gasteiger partial charge in [-0.25, -0.2) is 0 Å². The number of amides is 1. The molecular formula is C19H27NO3. The fourth-order valence-electron chi connectivity index (χ4n) is 3.46.